The summed E-state index contributed by atoms with van der Waals surface area (Å²) in [4.78, 5) is 16.4. The van der Waals surface area contributed by atoms with Gasteiger partial charge in [-0.1, -0.05) is 11.6 Å². The maximum Gasteiger partial charge on any atom is 0.274 e. The Hall–Kier alpha value is -1.24. The van der Waals surface area contributed by atoms with Gasteiger partial charge in [0.25, 0.3) is 5.91 Å². The number of aliphatic hydroxyl groups is 1. The van der Waals surface area contributed by atoms with Crippen LogP contribution >= 0.6 is 11.6 Å². The first-order valence-electron chi connectivity index (χ1n) is 6.71. The van der Waals surface area contributed by atoms with Crippen LogP contribution in [0.25, 0.3) is 0 Å². The fraction of sp³-hybridized carbons (Fsp3) is 0.615. The third-order valence-corrected chi connectivity index (χ3v) is 3.78. The normalized spacial score (nSPS) is 17.1. The largest absolute Gasteiger partial charge is 0.395 e. The summed E-state index contributed by atoms with van der Waals surface area (Å²) in [6, 6.07) is 3.26. The molecule has 7 heteroatoms. The lowest BCUT2D eigenvalue weighted by Crippen LogP contribution is -2.47. The molecule has 1 saturated heterocycles. The van der Waals surface area contributed by atoms with Crippen LogP contribution < -0.4 is 0 Å². The SMILES string of the molecule is CN1CCC(N(CCO)C(=O)c2ccc(Cl)nn2)CC1. The lowest BCUT2D eigenvalue weighted by molar-refractivity contribution is 0.0533. The number of aliphatic hydroxyl groups excluding tert-OH is 1. The molecule has 0 spiro atoms. The van der Waals surface area contributed by atoms with Crippen molar-refractivity contribution in [2.75, 3.05) is 33.3 Å². The van der Waals surface area contributed by atoms with Crippen molar-refractivity contribution in [1.82, 2.24) is 20.0 Å². The van der Waals surface area contributed by atoms with Crippen LogP contribution in [-0.2, 0) is 0 Å². The second kappa shape index (κ2) is 6.97. The standard InChI is InChI=1S/C13H19ClN4O2/c1-17-6-4-10(5-7-17)18(8-9-19)13(20)11-2-3-12(14)16-15-11/h2-3,10,19H,4-9H2,1H3. The van der Waals surface area contributed by atoms with E-state index in [4.69, 9.17) is 11.6 Å². The highest BCUT2D eigenvalue weighted by molar-refractivity contribution is 6.29. The van der Waals surface area contributed by atoms with Gasteiger partial charge in [-0.05, 0) is 45.1 Å². The predicted octanol–water partition coefficient (Wildman–Crippen LogP) is 0.659. The third kappa shape index (κ3) is 3.65. The van der Waals surface area contributed by atoms with E-state index in [0.29, 0.717) is 6.54 Å². The summed E-state index contributed by atoms with van der Waals surface area (Å²) < 4.78 is 0. The molecule has 20 heavy (non-hydrogen) atoms. The van der Waals surface area contributed by atoms with Crippen LogP contribution in [0.2, 0.25) is 5.15 Å². The Bertz CT molecular complexity index is 446. The highest BCUT2D eigenvalue weighted by Crippen LogP contribution is 2.17. The number of hydrogen-bond donors (Lipinski definition) is 1. The van der Waals surface area contributed by atoms with Crippen molar-refractivity contribution >= 4 is 17.5 Å². The molecule has 1 N–H and O–H groups in total. The first-order chi connectivity index (χ1) is 9.61. The molecule has 0 aliphatic carbocycles. The van der Waals surface area contributed by atoms with Crippen LogP contribution in [-0.4, -0.2) is 70.3 Å². The summed E-state index contributed by atoms with van der Waals surface area (Å²) in [5, 5.41) is 17.0. The van der Waals surface area contributed by atoms with Gasteiger partial charge in [0.15, 0.2) is 10.8 Å². The van der Waals surface area contributed by atoms with Gasteiger partial charge in [0, 0.05) is 12.6 Å². The summed E-state index contributed by atoms with van der Waals surface area (Å²) in [5.74, 6) is -0.197. The molecule has 0 aromatic carbocycles. The number of aromatic nitrogens is 2. The van der Waals surface area contributed by atoms with Gasteiger partial charge in [-0.2, -0.15) is 0 Å². The van der Waals surface area contributed by atoms with Crippen molar-refractivity contribution in [3.05, 3.63) is 23.0 Å². The smallest absolute Gasteiger partial charge is 0.274 e. The number of carbonyl (C=O) groups is 1. The molecule has 1 aromatic rings. The molecular weight excluding hydrogens is 280 g/mol. The number of likely N-dealkylation sites (tertiary alicyclic amines) is 1. The molecule has 6 nitrogen and oxygen atoms in total. The number of amides is 1. The lowest BCUT2D eigenvalue weighted by atomic mass is 10.0. The summed E-state index contributed by atoms with van der Waals surface area (Å²) in [5.41, 5.74) is 0.266. The van der Waals surface area contributed by atoms with E-state index in [9.17, 15) is 9.90 Å². The minimum absolute atomic E-state index is 0.0565. The zero-order valence-corrected chi connectivity index (χ0v) is 12.3. The fourth-order valence-corrected chi connectivity index (χ4v) is 2.54. The highest BCUT2D eigenvalue weighted by atomic mass is 35.5. The zero-order valence-electron chi connectivity index (χ0n) is 11.5. The van der Waals surface area contributed by atoms with Crippen molar-refractivity contribution in [2.24, 2.45) is 0 Å². The minimum Gasteiger partial charge on any atom is -0.395 e. The van der Waals surface area contributed by atoms with Gasteiger partial charge in [-0.3, -0.25) is 4.79 Å². The number of carbonyl (C=O) groups excluding carboxylic acids is 1. The van der Waals surface area contributed by atoms with E-state index in [-0.39, 0.29) is 29.4 Å². The summed E-state index contributed by atoms with van der Waals surface area (Å²) in [6.07, 6.45) is 1.81. The second-order valence-electron chi connectivity index (χ2n) is 5.00. The molecule has 110 valence electrons. The number of halogens is 1. The molecular formula is C13H19ClN4O2. The molecule has 2 heterocycles. The van der Waals surface area contributed by atoms with E-state index in [0.717, 1.165) is 25.9 Å². The first kappa shape index (κ1) is 15.2. The molecule has 2 rings (SSSR count). The zero-order chi connectivity index (χ0) is 14.5. The molecule has 1 aromatic heterocycles. The molecule has 0 radical (unpaired) electrons. The van der Waals surface area contributed by atoms with E-state index in [2.05, 4.69) is 22.1 Å². The average Bonchev–Trinajstić information content (AvgIpc) is 2.46. The maximum absolute atomic E-state index is 12.5. The molecule has 1 fully saturated rings. The predicted molar refractivity (Wildman–Crippen MR) is 75.7 cm³/mol. The van der Waals surface area contributed by atoms with Crippen LogP contribution in [0.5, 0.6) is 0 Å². The third-order valence-electron chi connectivity index (χ3n) is 3.58. The summed E-state index contributed by atoms with van der Waals surface area (Å²) in [6.45, 7) is 2.16. The molecule has 1 aliphatic heterocycles. The van der Waals surface area contributed by atoms with Gasteiger partial charge in [-0.25, -0.2) is 0 Å². The first-order valence-corrected chi connectivity index (χ1v) is 7.09. The van der Waals surface area contributed by atoms with Crippen molar-refractivity contribution in [3.63, 3.8) is 0 Å². The van der Waals surface area contributed by atoms with Gasteiger partial charge in [0.05, 0.1) is 6.61 Å². The summed E-state index contributed by atoms with van der Waals surface area (Å²) >= 11 is 5.68. The van der Waals surface area contributed by atoms with Crippen molar-refractivity contribution < 1.29 is 9.90 Å². The molecule has 0 atom stereocenters. The second-order valence-corrected chi connectivity index (χ2v) is 5.39. The van der Waals surface area contributed by atoms with Gasteiger partial charge in [-0.15, -0.1) is 10.2 Å². The topological polar surface area (TPSA) is 69.6 Å². The Labute approximate surface area is 123 Å². The monoisotopic (exact) mass is 298 g/mol. The van der Waals surface area contributed by atoms with Crippen molar-refractivity contribution in [2.45, 2.75) is 18.9 Å². The molecule has 1 amide bonds. The quantitative estimate of drug-likeness (QED) is 0.884. The number of piperidine rings is 1. The van der Waals surface area contributed by atoms with Crippen LogP contribution in [0.3, 0.4) is 0 Å². The lowest BCUT2D eigenvalue weighted by Gasteiger charge is -2.36. The number of nitrogens with zero attached hydrogens (tertiary/aromatic N) is 4. The van der Waals surface area contributed by atoms with Gasteiger partial charge in [0.2, 0.25) is 0 Å². The maximum atomic E-state index is 12.5. The molecule has 1 aliphatic rings. The average molecular weight is 299 g/mol. The van der Waals surface area contributed by atoms with E-state index in [1.807, 2.05) is 0 Å². The van der Waals surface area contributed by atoms with Gasteiger partial charge < -0.3 is 14.9 Å². The van der Waals surface area contributed by atoms with Crippen molar-refractivity contribution in [1.29, 1.82) is 0 Å². The van der Waals surface area contributed by atoms with Gasteiger partial charge >= 0.3 is 0 Å². The molecule has 0 saturated carbocycles. The minimum atomic E-state index is -0.197. The number of rotatable bonds is 4. The van der Waals surface area contributed by atoms with E-state index >= 15 is 0 Å². The van der Waals surface area contributed by atoms with E-state index < -0.39 is 0 Å². The Kier molecular flexibility index (Phi) is 5.28. The molecule has 0 unspecified atom stereocenters. The fourth-order valence-electron chi connectivity index (χ4n) is 2.44. The Balaban J connectivity index is 2.11. The van der Waals surface area contributed by atoms with Crippen LogP contribution in [0, 0.1) is 0 Å². The van der Waals surface area contributed by atoms with Crippen LogP contribution in [0.4, 0.5) is 0 Å². The molecule has 0 bridgehead atoms. The summed E-state index contributed by atoms with van der Waals surface area (Å²) in [7, 11) is 2.07. The van der Waals surface area contributed by atoms with E-state index in [1.54, 1.807) is 17.0 Å². The van der Waals surface area contributed by atoms with Gasteiger partial charge in [0.1, 0.15) is 0 Å². The van der Waals surface area contributed by atoms with E-state index in [1.165, 1.54) is 0 Å². The number of hydrogen-bond acceptors (Lipinski definition) is 5. The highest BCUT2D eigenvalue weighted by Gasteiger charge is 2.28. The Morgan fingerprint density at radius 2 is 2.15 bits per heavy atom. The van der Waals surface area contributed by atoms with Crippen molar-refractivity contribution in [3.8, 4) is 0 Å². The Morgan fingerprint density at radius 1 is 1.45 bits per heavy atom. The van der Waals surface area contributed by atoms with Crippen LogP contribution in [0.15, 0.2) is 12.1 Å². The van der Waals surface area contributed by atoms with Crippen LogP contribution in [0.1, 0.15) is 23.3 Å². The Morgan fingerprint density at radius 3 is 2.70 bits per heavy atom.